The Morgan fingerprint density at radius 3 is 2.57 bits per heavy atom. The van der Waals surface area contributed by atoms with E-state index < -0.39 is 16.8 Å². The second-order valence-electron chi connectivity index (χ2n) is 7.98. The highest BCUT2D eigenvalue weighted by Crippen LogP contribution is 2.44. The van der Waals surface area contributed by atoms with E-state index in [2.05, 4.69) is 0 Å². The third-order valence-electron chi connectivity index (χ3n) is 5.50. The Morgan fingerprint density at radius 2 is 1.92 bits per heavy atom. The lowest BCUT2D eigenvalue weighted by Gasteiger charge is -2.26. The summed E-state index contributed by atoms with van der Waals surface area (Å²) in [5, 5.41) is 21.3. The molecule has 0 radical (unpaired) electrons. The molecule has 1 heterocycles. The number of hydrogen-bond acceptors (Lipinski definition) is 8. The maximum Gasteiger partial charge on any atom is 0.343 e. The summed E-state index contributed by atoms with van der Waals surface area (Å²) < 4.78 is 16.6. The minimum absolute atomic E-state index is 0.104. The summed E-state index contributed by atoms with van der Waals surface area (Å²) in [6.07, 6.45) is 0.758. The number of halogens is 2. The molecule has 4 rings (SSSR count). The Hall–Kier alpha value is -4.26. The van der Waals surface area contributed by atoms with E-state index in [-0.39, 0.29) is 50.0 Å². The first kappa shape index (κ1) is 25.8. The summed E-state index contributed by atoms with van der Waals surface area (Å²) in [7, 11) is 0. The molecule has 1 unspecified atom stereocenters. The van der Waals surface area contributed by atoms with Crippen LogP contribution in [0.2, 0.25) is 10.0 Å². The van der Waals surface area contributed by atoms with Crippen molar-refractivity contribution in [3.63, 3.8) is 0 Å². The molecule has 9 nitrogen and oxygen atoms in total. The first-order valence-corrected chi connectivity index (χ1v) is 11.8. The standard InChI is InChI=1S/C26H19Cl2N3O6/c1-2-8-35-24-20(27)10-15(11-21(24)28)26(32)36-17-6-7-18-22(12-17)37-25(30)19(13-29)23(18)14-4-3-5-16(9-14)31(33)34/h3-7,9-12,23H,2,8,30H2,1H3. The number of carbonyl (C=O) groups is 1. The second kappa shape index (κ2) is 10.8. The van der Waals surface area contributed by atoms with Gasteiger partial charge in [0, 0.05) is 23.8 Å². The van der Waals surface area contributed by atoms with E-state index in [1.165, 1.54) is 42.5 Å². The van der Waals surface area contributed by atoms with Gasteiger partial charge in [0.2, 0.25) is 5.88 Å². The summed E-state index contributed by atoms with van der Waals surface area (Å²) in [6, 6.07) is 15.3. The van der Waals surface area contributed by atoms with Crippen molar-refractivity contribution in [2.24, 2.45) is 5.73 Å². The number of rotatable bonds is 7. The van der Waals surface area contributed by atoms with Crippen LogP contribution in [0.25, 0.3) is 0 Å². The van der Waals surface area contributed by atoms with E-state index in [0.29, 0.717) is 17.7 Å². The number of allylic oxidation sites excluding steroid dienone is 1. The van der Waals surface area contributed by atoms with Gasteiger partial charge in [-0.2, -0.15) is 5.26 Å². The highest BCUT2D eigenvalue weighted by atomic mass is 35.5. The number of fused-ring (bicyclic) bond motifs is 1. The zero-order valence-electron chi connectivity index (χ0n) is 19.4. The van der Waals surface area contributed by atoms with Crippen LogP contribution < -0.4 is 19.9 Å². The normalized spacial score (nSPS) is 14.3. The van der Waals surface area contributed by atoms with Gasteiger partial charge in [0.1, 0.15) is 23.1 Å². The van der Waals surface area contributed by atoms with Gasteiger partial charge in [0.05, 0.1) is 33.1 Å². The smallest absolute Gasteiger partial charge is 0.343 e. The molecule has 0 saturated heterocycles. The molecule has 1 aliphatic heterocycles. The molecule has 0 spiro atoms. The quantitative estimate of drug-likeness (QED) is 0.164. The average molecular weight is 540 g/mol. The van der Waals surface area contributed by atoms with Gasteiger partial charge in [0.25, 0.3) is 5.69 Å². The first-order valence-electron chi connectivity index (χ1n) is 11.0. The van der Waals surface area contributed by atoms with Crippen LogP contribution in [0, 0.1) is 21.4 Å². The lowest BCUT2D eigenvalue weighted by molar-refractivity contribution is -0.384. The topological polar surface area (TPSA) is 138 Å². The molecule has 188 valence electrons. The van der Waals surface area contributed by atoms with E-state index in [0.717, 1.165) is 6.42 Å². The van der Waals surface area contributed by atoms with E-state index in [1.54, 1.807) is 12.1 Å². The van der Waals surface area contributed by atoms with Crippen LogP contribution in [0.3, 0.4) is 0 Å². The molecule has 0 bridgehead atoms. The number of nitriles is 1. The van der Waals surface area contributed by atoms with Gasteiger partial charge in [-0.15, -0.1) is 0 Å². The van der Waals surface area contributed by atoms with Crippen LogP contribution in [-0.2, 0) is 0 Å². The number of nitrogens with two attached hydrogens (primary N) is 1. The number of nitrogens with zero attached hydrogens (tertiary/aromatic N) is 2. The van der Waals surface area contributed by atoms with Crippen molar-refractivity contribution < 1.29 is 23.9 Å². The Balaban J connectivity index is 1.65. The fourth-order valence-electron chi connectivity index (χ4n) is 3.85. The van der Waals surface area contributed by atoms with Gasteiger partial charge < -0.3 is 19.9 Å². The minimum Gasteiger partial charge on any atom is -0.490 e. The minimum atomic E-state index is -0.724. The molecular formula is C26H19Cl2N3O6. The molecule has 0 saturated carbocycles. The molecule has 11 heteroatoms. The Bertz CT molecular complexity index is 1460. The molecule has 0 aliphatic carbocycles. The number of benzene rings is 3. The molecule has 0 aromatic heterocycles. The van der Waals surface area contributed by atoms with Crippen LogP contribution >= 0.6 is 23.2 Å². The Morgan fingerprint density at radius 1 is 1.19 bits per heavy atom. The van der Waals surface area contributed by atoms with Crippen LogP contribution in [0.5, 0.6) is 17.2 Å². The van der Waals surface area contributed by atoms with Crippen molar-refractivity contribution in [1.29, 1.82) is 5.26 Å². The number of esters is 1. The van der Waals surface area contributed by atoms with Crippen molar-refractivity contribution in [3.8, 4) is 23.3 Å². The summed E-state index contributed by atoms with van der Waals surface area (Å²) in [4.78, 5) is 23.6. The van der Waals surface area contributed by atoms with Crippen molar-refractivity contribution in [2.75, 3.05) is 6.61 Å². The molecular weight excluding hydrogens is 521 g/mol. The zero-order chi connectivity index (χ0) is 26.7. The highest BCUT2D eigenvalue weighted by molar-refractivity contribution is 6.37. The molecule has 0 amide bonds. The van der Waals surface area contributed by atoms with Gasteiger partial charge in [-0.05, 0) is 30.2 Å². The number of carbonyl (C=O) groups excluding carboxylic acids is 1. The summed E-state index contributed by atoms with van der Waals surface area (Å²) in [5.74, 6) is -0.946. The van der Waals surface area contributed by atoms with E-state index in [9.17, 15) is 20.2 Å². The van der Waals surface area contributed by atoms with E-state index >= 15 is 0 Å². The summed E-state index contributed by atoms with van der Waals surface area (Å²) >= 11 is 12.5. The fraction of sp³-hybridized carbons (Fsp3) is 0.154. The van der Waals surface area contributed by atoms with Gasteiger partial charge >= 0.3 is 5.97 Å². The molecule has 3 aromatic rings. The Labute approximate surface area is 221 Å². The highest BCUT2D eigenvalue weighted by Gasteiger charge is 2.32. The molecule has 37 heavy (non-hydrogen) atoms. The largest absolute Gasteiger partial charge is 0.490 e. The second-order valence-corrected chi connectivity index (χ2v) is 8.80. The number of ether oxygens (including phenoxy) is 3. The van der Waals surface area contributed by atoms with E-state index in [1.807, 2.05) is 13.0 Å². The van der Waals surface area contributed by atoms with Crippen molar-refractivity contribution in [1.82, 2.24) is 0 Å². The maximum absolute atomic E-state index is 12.8. The predicted octanol–water partition coefficient (Wildman–Crippen LogP) is 6.13. The van der Waals surface area contributed by atoms with Crippen molar-refractivity contribution in [2.45, 2.75) is 19.3 Å². The van der Waals surface area contributed by atoms with E-state index in [4.69, 9.17) is 43.1 Å². The molecule has 0 fully saturated rings. The van der Waals surface area contributed by atoms with Gasteiger partial charge in [-0.1, -0.05) is 48.3 Å². The number of nitro groups is 1. The Kier molecular flexibility index (Phi) is 7.53. The SMILES string of the molecule is CCCOc1c(Cl)cc(C(=O)Oc2ccc3c(c2)OC(N)=C(C#N)C3c2cccc([N+](=O)[O-])c2)cc1Cl. The molecule has 1 aliphatic rings. The van der Waals surface area contributed by atoms with Gasteiger partial charge in [-0.3, -0.25) is 10.1 Å². The average Bonchev–Trinajstić information content (AvgIpc) is 2.87. The third-order valence-corrected chi connectivity index (χ3v) is 6.06. The molecule has 2 N–H and O–H groups in total. The van der Waals surface area contributed by atoms with Gasteiger partial charge in [-0.25, -0.2) is 4.79 Å². The summed E-state index contributed by atoms with van der Waals surface area (Å²) in [5.41, 5.74) is 7.10. The van der Waals surface area contributed by atoms with Crippen LogP contribution in [-0.4, -0.2) is 17.5 Å². The van der Waals surface area contributed by atoms with Gasteiger partial charge in [0.15, 0.2) is 5.75 Å². The summed E-state index contributed by atoms with van der Waals surface area (Å²) in [6.45, 7) is 2.35. The molecule has 1 atom stereocenters. The third kappa shape index (κ3) is 5.31. The fourth-order valence-corrected chi connectivity index (χ4v) is 4.44. The molecule has 3 aromatic carbocycles. The van der Waals surface area contributed by atoms with Crippen LogP contribution in [0.1, 0.15) is 40.7 Å². The number of nitro benzene ring substituents is 1. The lowest BCUT2D eigenvalue weighted by Crippen LogP contribution is -2.21. The van der Waals surface area contributed by atoms with Crippen molar-refractivity contribution >= 4 is 34.9 Å². The maximum atomic E-state index is 12.8. The predicted molar refractivity (Wildman–Crippen MR) is 136 cm³/mol. The number of non-ortho nitro benzene ring substituents is 1. The zero-order valence-corrected chi connectivity index (χ0v) is 20.9. The van der Waals surface area contributed by atoms with Crippen LogP contribution in [0.4, 0.5) is 5.69 Å². The monoisotopic (exact) mass is 539 g/mol. The lowest BCUT2D eigenvalue weighted by atomic mass is 9.83. The first-order chi connectivity index (χ1) is 17.7. The van der Waals surface area contributed by atoms with Crippen molar-refractivity contribution in [3.05, 3.63) is 103 Å². The number of hydrogen-bond donors (Lipinski definition) is 1. The van der Waals surface area contributed by atoms with Crippen LogP contribution in [0.15, 0.2) is 66.1 Å².